The molecular weight excluding hydrogens is 313 g/mol. The SMILES string of the molecule is CC(C(=O)N(C)Cc1ccccc1)S(=O)Cc1ccccc1F. The van der Waals surface area contributed by atoms with Crippen LogP contribution in [-0.4, -0.2) is 27.3 Å². The van der Waals surface area contributed by atoms with Gasteiger partial charge in [0.05, 0.1) is 5.75 Å². The number of halogens is 1. The van der Waals surface area contributed by atoms with Gasteiger partial charge in [-0.3, -0.25) is 9.00 Å². The van der Waals surface area contributed by atoms with Gasteiger partial charge in [-0.05, 0) is 18.6 Å². The molecule has 0 N–H and O–H groups in total. The van der Waals surface area contributed by atoms with Crippen molar-refractivity contribution in [1.29, 1.82) is 0 Å². The number of nitrogens with zero attached hydrogens (tertiary/aromatic N) is 1. The van der Waals surface area contributed by atoms with E-state index in [0.717, 1.165) is 5.56 Å². The molecule has 0 aliphatic heterocycles. The van der Waals surface area contributed by atoms with Gasteiger partial charge in [0.25, 0.3) is 0 Å². The van der Waals surface area contributed by atoms with E-state index >= 15 is 0 Å². The molecular formula is C18H20FNO2S. The minimum absolute atomic E-state index is 0.0404. The lowest BCUT2D eigenvalue weighted by atomic mass is 10.2. The zero-order valence-corrected chi connectivity index (χ0v) is 14.1. The fraction of sp³-hybridized carbons (Fsp3) is 0.278. The molecule has 2 aromatic carbocycles. The smallest absolute Gasteiger partial charge is 0.238 e. The highest BCUT2D eigenvalue weighted by Gasteiger charge is 2.24. The predicted octanol–water partition coefficient (Wildman–Crippen LogP) is 3.12. The Morgan fingerprint density at radius 1 is 1.13 bits per heavy atom. The van der Waals surface area contributed by atoms with Crippen molar-refractivity contribution in [2.24, 2.45) is 0 Å². The standard InChI is InChI=1S/C18H20FNO2S/c1-14(23(22)13-16-10-6-7-11-17(16)19)18(21)20(2)12-15-8-4-3-5-9-15/h3-11,14H,12-13H2,1-2H3. The largest absolute Gasteiger partial charge is 0.340 e. The van der Waals surface area contributed by atoms with Crippen molar-refractivity contribution in [2.45, 2.75) is 24.5 Å². The lowest BCUT2D eigenvalue weighted by Crippen LogP contribution is -2.37. The molecule has 2 rings (SSSR count). The summed E-state index contributed by atoms with van der Waals surface area (Å²) < 4.78 is 26.0. The van der Waals surface area contributed by atoms with Gasteiger partial charge in [0.2, 0.25) is 5.91 Å². The second kappa shape index (κ2) is 8.02. The van der Waals surface area contributed by atoms with Crippen molar-refractivity contribution in [1.82, 2.24) is 4.90 Å². The van der Waals surface area contributed by atoms with Gasteiger partial charge in [0.1, 0.15) is 11.1 Å². The van der Waals surface area contributed by atoms with E-state index in [1.54, 1.807) is 37.1 Å². The fourth-order valence-corrected chi connectivity index (χ4v) is 3.45. The van der Waals surface area contributed by atoms with Crippen molar-refractivity contribution in [3.63, 3.8) is 0 Å². The maximum atomic E-state index is 13.6. The molecule has 0 saturated heterocycles. The number of rotatable bonds is 6. The van der Waals surface area contributed by atoms with Gasteiger partial charge in [-0.1, -0.05) is 48.5 Å². The molecule has 2 unspecified atom stereocenters. The number of amides is 1. The Morgan fingerprint density at radius 2 is 1.74 bits per heavy atom. The maximum Gasteiger partial charge on any atom is 0.238 e. The Morgan fingerprint density at radius 3 is 2.39 bits per heavy atom. The van der Waals surface area contributed by atoms with Gasteiger partial charge >= 0.3 is 0 Å². The van der Waals surface area contributed by atoms with E-state index < -0.39 is 21.9 Å². The molecule has 5 heteroatoms. The molecule has 0 aromatic heterocycles. The average Bonchev–Trinajstić information content (AvgIpc) is 2.56. The maximum absolute atomic E-state index is 13.6. The molecule has 2 aromatic rings. The van der Waals surface area contributed by atoms with E-state index in [1.165, 1.54) is 6.07 Å². The zero-order valence-electron chi connectivity index (χ0n) is 13.2. The van der Waals surface area contributed by atoms with Crippen molar-refractivity contribution in [3.8, 4) is 0 Å². The highest BCUT2D eigenvalue weighted by atomic mass is 32.2. The summed E-state index contributed by atoms with van der Waals surface area (Å²) in [6.07, 6.45) is 0. The quantitative estimate of drug-likeness (QED) is 0.814. The van der Waals surface area contributed by atoms with Crippen LogP contribution in [0.5, 0.6) is 0 Å². The van der Waals surface area contributed by atoms with Gasteiger partial charge in [0.15, 0.2) is 0 Å². The topological polar surface area (TPSA) is 37.4 Å². The van der Waals surface area contributed by atoms with Crippen molar-refractivity contribution < 1.29 is 13.4 Å². The molecule has 0 aliphatic carbocycles. The first-order valence-electron chi connectivity index (χ1n) is 7.38. The van der Waals surface area contributed by atoms with Crippen LogP contribution < -0.4 is 0 Å². The first kappa shape index (κ1) is 17.3. The molecule has 0 spiro atoms. The third kappa shape index (κ3) is 4.73. The zero-order chi connectivity index (χ0) is 16.8. The van der Waals surface area contributed by atoms with E-state index in [0.29, 0.717) is 12.1 Å². The fourth-order valence-electron chi connectivity index (χ4n) is 2.25. The monoisotopic (exact) mass is 333 g/mol. The van der Waals surface area contributed by atoms with Gasteiger partial charge in [-0.25, -0.2) is 4.39 Å². The van der Waals surface area contributed by atoms with Crippen LogP contribution >= 0.6 is 0 Å². The second-order valence-electron chi connectivity index (χ2n) is 5.44. The van der Waals surface area contributed by atoms with E-state index in [2.05, 4.69) is 0 Å². The Labute approximate surface area is 138 Å². The molecule has 0 fully saturated rings. The highest BCUT2D eigenvalue weighted by Crippen LogP contribution is 2.13. The second-order valence-corrected chi connectivity index (χ2v) is 7.20. The number of hydrogen-bond donors (Lipinski definition) is 0. The van der Waals surface area contributed by atoms with E-state index in [1.807, 2.05) is 30.3 Å². The number of carbonyl (C=O) groups is 1. The lowest BCUT2D eigenvalue weighted by molar-refractivity contribution is -0.129. The number of hydrogen-bond acceptors (Lipinski definition) is 2. The summed E-state index contributed by atoms with van der Waals surface area (Å²) in [5.74, 6) is -0.555. The summed E-state index contributed by atoms with van der Waals surface area (Å²) in [7, 11) is 0.221. The molecule has 0 saturated carbocycles. The summed E-state index contributed by atoms with van der Waals surface area (Å²) in [5.41, 5.74) is 1.38. The molecule has 0 radical (unpaired) electrons. The Kier molecular flexibility index (Phi) is 6.04. The van der Waals surface area contributed by atoms with Crippen LogP contribution in [0.2, 0.25) is 0 Å². The molecule has 0 heterocycles. The molecule has 0 bridgehead atoms. The minimum Gasteiger partial charge on any atom is -0.340 e. The van der Waals surface area contributed by atoms with Gasteiger partial charge in [-0.15, -0.1) is 0 Å². The van der Waals surface area contributed by atoms with Crippen molar-refractivity contribution in [2.75, 3.05) is 7.05 Å². The third-order valence-corrected chi connectivity index (χ3v) is 5.22. The molecule has 1 amide bonds. The van der Waals surface area contributed by atoms with E-state index in [9.17, 15) is 13.4 Å². The van der Waals surface area contributed by atoms with Crippen LogP contribution in [0.1, 0.15) is 18.1 Å². The highest BCUT2D eigenvalue weighted by molar-refractivity contribution is 7.85. The average molecular weight is 333 g/mol. The van der Waals surface area contributed by atoms with Gasteiger partial charge in [0, 0.05) is 30.0 Å². The lowest BCUT2D eigenvalue weighted by Gasteiger charge is -2.21. The first-order valence-corrected chi connectivity index (χ1v) is 8.76. The third-order valence-electron chi connectivity index (χ3n) is 3.64. The normalized spacial score (nSPS) is 13.3. The summed E-state index contributed by atoms with van der Waals surface area (Å²) in [6.45, 7) is 2.09. The van der Waals surface area contributed by atoms with E-state index in [-0.39, 0.29) is 11.7 Å². The molecule has 23 heavy (non-hydrogen) atoms. The Bertz CT molecular complexity index is 690. The first-order chi connectivity index (χ1) is 11.0. The van der Waals surface area contributed by atoms with Gasteiger partial charge in [-0.2, -0.15) is 0 Å². The van der Waals surface area contributed by atoms with Crippen molar-refractivity contribution in [3.05, 3.63) is 71.5 Å². The summed E-state index contributed by atoms with van der Waals surface area (Å²) in [4.78, 5) is 14.0. The molecule has 122 valence electrons. The van der Waals surface area contributed by atoms with Crippen LogP contribution in [0.3, 0.4) is 0 Å². The molecule has 0 aliphatic rings. The van der Waals surface area contributed by atoms with Crippen LogP contribution in [0.4, 0.5) is 4.39 Å². The van der Waals surface area contributed by atoms with Crippen LogP contribution in [-0.2, 0) is 27.9 Å². The predicted molar refractivity (Wildman–Crippen MR) is 90.6 cm³/mol. The molecule has 2 atom stereocenters. The minimum atomic E-state index is -1.47. The summed E-state index contributed by atoms with van der Waals surface area (Å²) in [6, 6.07) is 15.8. The van der Waals surface area contributed by atoms with Crippen LogP contribution in [0, 0.1) is 5.82 Å². The van der Waals surface area contributed by atoms with E-state index in [4.69, 9.17) is 0 Å². The number of benzene rings is 2. The summed E-state index contributed by atoms with van der Waals surface area (Å²) >= 11 is 0. The van der Waals surface area contributed by atoms with Crippen LogP contribution in [0.15, 0.2) is 54.6 Å². The Balaban J connectivity index is 1.98. The molecule has 3 nitrogen and oxygen atoms in total. The number of carbonyl (C=O) groups excluding carboxylic acids is 1. The van der Waals surface area contributed by atoms with Gasteiger partial charge < -0.3 is 4.90 Å². The summed E-state index contributed by atoms with van der Waals surface area (Å²) in [5, 5.41) is -0.677. The Hall–Kier alpha value is -2.01. The van der Waals surface area contributed by atoms with Crippen LogP contribution in [0.25, 0.3) is 0 Å². The van der Waals surface area contributed by atoms with Crippen molar-refractivity contribution >= 4 is 16.7 Å².